The highest BCUT2D eigenvalue weighted by molar-refractivity contribution is 5.82. The molecule has 0 unspecified atom stereocenters. The van der Waals surface area contributed by atoms with E-state index in [2.05, 4.69) is 20.1 Å². The summed E-state index contributed by atoms with van der Waals surface area (Å²) in [4.78, 5) is 21.2. The van der Waals surface area contributed by atoms with Gasteiger partial charge in [-0.05, 0) is 25.0 Å². The Morgan fingerprint density at radius 1 is 1.15 bits per heavy atom. The summed E-state index contributed by atoms with van der Waals surface area (Å²) in [5.41, 5.74) is 0.517. The van der Waals surface area contributed by atoms with Crippen LogP contribution in [0.2, 0.25) is 0 Å². The van der Waals surface area contributed by atoms with Crippen LogP contribution in [-0.2, 0) is 4.79 Å². The highest BCUT2D eigenvalue weighted by Crippen LogP contribution is 2.40. The zero-order chi connectivity index (χ0) is 18.3. The van der Waals surface area contributed by atoms with Crippen LogP contribution < -0.4 is 4.90 Å². The summed E-state index contributed by atoms with van der Waals surface area (Å²) in [5.74, 6) is 2.74. The highest BCUT2D eigenvalue weighted by atomic mass is 16.4. The lowest BCUT2D eigenvalue weighted by Gasteiger charge is -2.38. The lowest BCUT2D eigenvalue weighted by Crippen LogP contribution is -2.52. The molecule has 7 heteroatoms. The Kier molecular flexibility index (Phi) is 4.17. The molecule has 3 heterocycles. The lowest BCUT2D eigenvalue weighted by atomic mass is 9.94. The molecule has 1 aliphatic heterocycles. The fraction of sp³-hybridized carbons (Fsp3) is 0.579. The number of aromatic nitrogens is 3. The van der Waals surface area contributed by atoms with Gasteiger partial charge in [0.2, 0.25) is 11.8 Å². The quantitative estimate of drug-likeness (QED) is 0.843. The van der Waals surface area contributed by atoms with Gasteiger partial charge in [-0.3, -0.25) is 4.79 Å². The molecule has 0 N–H and O–H groups in total. The molecule has 0 aromatic carbocycles. The van der Waals surface area contributed by atoms with Crippen LogP contribution in [0.25, 0.3) is 11.5 Å². The molecule has 4 rings (SSSR count). The van der Waals surface area contributed by atoms with Crippen molar-refractivity contribution >= 4 is 11.7 Å². The summed E-state index contributed by atoms with van der Waals surface area (Å²) in [6, 6.07) is 3.86. The number of carbonyl (C=O) groups is 1. The zero-order valence-electron chi connectivity index (χ0n) is 15.6. The first-order valence-corrected chi connectivity index (χ1v) is 9.26. The average molecular weight is 355 g/mol. The number of pyridine rings is 1. The molecular weight excluding hydrogens is 330 g/mol. The third-order valence-corrected chi connectivity index (χ3v) is 4.89. The van der Waals surface area contributed by atoms with Gasteiger partial charge >= 0.3 is 0 Å². The Morgan fingerprint density at radius 3 is 2.54 bits per heavy atom. The van der Waals surface area contributed by atoms with Crippen LogP contribution >= 0.6 is 0 Å². The van der Waals surface area contributed by atoms with Crippen LogP contribution in [0.15, 0.2) is 22.7 Å². The van der Waals surface area contributed by atoms with Crippen molar-refractivity contribution in [2.75, 3.05) is 31.1 Å². The number of amides is 1. The Hall–Kier alpha value is -2.44. The van der Waals surface area contributed by atoms with E-state index >= 15 is 0 Å². The fourth-order valence-electron chi connectivity index (χ4n) is 3.25. The Bertz CT molecular complexity index is 798. The van der Waals surface area contributed by atoms with Crippen LogP contribution in [0.5, 0.6) is 0 Å². The summed E-state index contributed by atoms with van der Waals surface area (Å²) in [7, 11) is 0. The van der Waals surface area contributed by atoms with Crippen molar-refractivity contribution in [2.24, 2.45) is 5.41 Å². The summed E-state index contributed by atoms with van der Waals surface area (Å²) in [6.45, 7) is 8.78. The third kappa shape index (κ3) is 3.30. The standard InChI is InChI=1S/C19H25N5O2/c1-19(2,3)18(25)24-11-9-23(10-12-24)15-14(5-4-8-20-15)17-22-21-16(26-17)13-6-7-13/h4-5,8,13H,6-7,9-12H2,1-3H3. The minimum Gasteiger partial charge on any atom is -0.420 e. The van der Waals surface area contributed by atoms with Crippen LogP contribution in [0.1, 0.15) is 45.4 Å². The van der Waals surface area contributed by atoms with Crippen LogP contribution in [0, 0.1) is 5.41 Å². The van der Waals surface area contributed by atoms with Gasteiger partial charge in [-0.15, -0.1) is 10.2 Å². The van der Waals surface area contributed by atoms with Crippen molar-refractivity contribution < 1.29 is 9.21 Å². The molecule has 1 aliphatic carbocycles. The molecule has 0 spiro atoms. The van der Waals surface area contributed by atoms with Crippen LogP contribution in [-0.4, -0.2) is 52.2 Å². The van der Waals surface area contributed by atoms with Gasteiger partial charge in [-0.1, -0.05) is 20.8 Å². The van der Waals surface area contributed by atoms with Crippen molar-refractivity contribution in [1.29, 1.82) is 0 Å². The molecule has 0 bridgehead atoms. The van der Waals surface area contributed by atoms with E-state index in [1.165, 1.54) is 0 Å². The molecule has 0 atom stereocenters. The third-order valence-electron chi connectivity index (χ3n) is 4.89. The molecule has 1 saturated carbocycles. The predicted octanol–water partition coefficient (Wildman–Crippen LogP) is 2.70. The summed E-state index contributed by atoms with van der Waals surface area (Å²) in [6.07, 6.45) is 4.04. The van der Waals surface area contributed by atoms with Gasteiger partial charge in [0.15, 0.2) is 0 Å². The van der Waals surface area contributed by atoms with E-state index in [9.17, 15) is 4.79 Å². The van der Waals surface area contributed by atoms with E-state index in [0.29, 0.717) is 24.9 Å². The first-order chi connectivity index (χ1) is 12.4. The van der Waals surface area contributed by atoms with E-state index < -0.39 is 0 Å². The average Bonchev–Trinajstić information content (AvgIpc) is 3.37. The van der Waals surface area contributed by atoms with Crippen molar-refractivity contribution in [3.63, 3.8) is 0 Å². The number of piperazine rings is 1. The molecule has 138 valence electrons. The molecule has 1 amide bonds. The number of nitrogens with zero attached hydrogens (tertiary/aromatic N) is 5. The van der Waals surface area contributed by atoms with Gasteiger partial charge in [0.1, 0.15) is 5.82 Å². The number of carbonyl (C=O) groups excluding carboxylic acids is 1. The first-order valence-electron chi connectivity index (χ1n) is 9.26. The van der Waals surface area contributed by atoms with Crippen molar-refractivity contribution in [3.8, 4) is 11.5 Å². The summed E-state index contributed by atoms with van der Waals surface area (Å²) >= 11 is 0. The largest absolute Gasteiger partial charge is 0.420 e. The van der Waals surface area contributed by atoms with Gasteiger partial charge in [0, 0.05) is 43.7 Å². The zero-order valence-corrected chi connectivity index (χ0v) is 15.6. The van der Waals surface area contributed by atoms with E-state index in [4.69, 9.17) is 4.42 Å². The van der Waals surface area contributed by atoms with Gasteiger partial charge < -0.3 is 14.2 Å². The molecule has 0 radical (unpaired) electrons. The van der Waals surface area contributed by atoms with Crippen LogP contribution in [0.3, 0.4) is 0 Å². The van der Waals surface area contributed by atoms with E-state index in [1.54, 1.807) is 6.20 Å². The van der Waals surface area contributed by atoms with Gasteiger partial charge in [-0.25, -0.2) is 4.98 Å². The van der Waals surface area contributed by atoms with Gasteiger partial charge in [0.05, 0.1) is 5.56 Å². The number of hydrogen-bond acceptors (Lipinski definition) is 6. The van der Waals surface area contributed by atoms with Crippen molar-refractivity contribution in [2.45, 2.75) is 39.5 Å². The topological polar surface area (TPSA) is 75.4 Å². The van der Waals surface area contributed by atoms with Crippen molar-refractivity contribution in [1.82, 2.24) is 20.1 Å². The first kappa shape index (κ1) is 17.0. The Balaban J connectivity index is 1.51. The molecule has 2 aliphatic rings. The number of hydrogen-bond donors (Lipinski definition) is 0. The highest BCUT2D eigenvalue weighted by Gasteiger charge is 2.32. The Labute approximate surface area is 153 Å². The van der Waals surface area contributed by atoms with E-state index in [0.717, 1.165) is 43.2 Å². The number of anilines is 1. The van der Waals surface area contributed by atoms with Gasteiger partial charge in [-0.2, -0.15) is 0 Å². The lowest BCUT2D eigenvalue weighted by molar-refractivity contribution is -0.139. The summed E-state index contributed by atoms with van der Waals surface area (Å²) in [5, 5.41) is 8.42. The molecular formula is C19H25N5O2. The van der Waals surface area contributed by atoms with Crippen LogP contribution in [0.4, 0.5) is 5.82 Å². The SMILES string of the molecule is CC(C)(C)C(=O)N1CCN(c2ncccc2-c2nnc(C3CC3)o2)CC1. The maximum absolute atomic E-state index is 12.5. The van der Waals surface area contributed by atoms with E-state index in [-0.39, 0.29) is 11.3 Å². The maximum Gasteiger partial charge on any atom is 0.251 e. The minimum atomic E-state index is -0.346. The second-order valence-corrected chi connectivity index (χ2v) is 8.12. The molecule has 1 saturated heterocycles. The second-order valence-electron chi connectivity index (χ2n) is 8.12. The minimum absolute atomic E-state index is 0.198. The smallest absolute Gasteiger partial charge is 0.251 e. The second kappa shape index (κ2) is 6.37. The molecule has 2 aromatic heterocycles. The monoisotopic (exact) mass is 355 g/mol. The predicted molar refractivity (Wildman–Crippen MR) is 97.8 cm³/mol. The van der Waals surface area contributed by atoms with Gasteiger partial charge in [0.25, 0.3) is 5.89 Å². The molecule has 26 heavy (non-hydrogen) atoms. The summed E-state index contributed by atoms with van der Waals surface area (Å²) < 4.78 is 5.88. The van der Waals surface area contributed by atoms with E-state index in [1.807, 2.05) is 37.8 Å². The fourth-order valence-corrected chi connectivity index (χ4v) is 3.25. The molecule has 2 fully saturated rings. The number of rotatable bonds is 3. The van der Waals surface area contributed by atoms with Crippen molar-refractivity contribution in [3.05, 3.63) is 24.2 Å². The normalized spacial score (nSPS) is 18.3. The molecule has 7 nitrogen and oxygen atoms in total. The maximum atomic E-state index is 12.5. The Morgan fingerprint density at radius 2 is 1.88 bits per heavy atom. The molecule has 2 aromatic rings.